The summed E-state index contributed by atoms with van der Waals surface area (Å²) >= 11 is 0. The largest absolute Gasteiger partial charge is 0.486 e. The fraction of sp³-hybridized carbons (Fsp3) is 0.364. The first kappa shape index (κ1) is 20.5. The Morgan fingerprint density at radius 1 is 1.03 bits per heavy atom. The molecule has 2 aromatic rings. The Morgan fingerprint density at radius 2 is 1.76 bits per heavy atom. The van der Waals surface area contributed by atoms with Crippen LogP contribution in [0, 0.1) is 6.92 Å². The van der Waals surface area contributed by atoms with Crippen LogP contribution in [-0.2, 0) is 9.59 Å². The van der Waals surface area contributed by atoms with Gasteiger partial charge in [0.2, 0.25) is 11.8 Å². The number of hydrogen-bond donors (Lipinski definition) is 3. The number of carbonyl (C=O) groups excluding carboxylic acids is 2. The topological polar surface area (TPSA) is 88.7 Å². The molecule has 29 heavy (non-hydrogen) atoms. The van der Waals surface area contributed by atoms with Crippen LogP contribution < -0.4 is 25.4 Å². The second-order valence-electron chi connectivity index (χ2n) is 6.99. The van der Waals surface area contributed by atoms with Crippen molar-refractivity contribution in [3.05, 3.63) is 42.0 Å². The van der Waals surface area contributed by atoms with Crippen molar-refractivity contribution in [1.29, 1.82) is 0 Å². The van der Waals surface area contributed by atoms with Gasteiger partial charge in [-0.25, -0.2) is 0 Å². The standard InChI is InChI=1S/C22H27N3O4/c1-4-6-21(26)25-18-8-5-7-17(14(18)2)23-15(3)22(27)24-16-9-10-19-20(13-16)29-12-11-28-19/h5,7-10,13,15,23H,4,6,11-12H2,1-3H3,(H,24,27)(H,25,26)/t15-/m0/s1. The highest BCUT2D eigenvalue weighted by molar-refractivity contribution is 5.97. The van der Waals surface area contributed by atoms with Crippen LogP contribution in [0.4, 0.5) is 17.1 Å². The van der Waals surface area contributed by atoms with E-state index in [1.807, 2.05) is 32.0 Å². The number of ether oxygens (including phenoxy) is 2. The number of rotatable bonds is 7. The first-order valence-corrected chi connectivity index (χ1v) is 9.84. The molecule has 0 spiro atoms. The van der Waals surface area contributed by atoms with E-state index in [1.165, 1.54) is 0 Å². The number of nitrogens with one attached hydrogen (secondary N) is 3. The molecule has 0 unspecified atom stereocenters. The number of amides is 2. The summed E-state index contributed by atoms with van der Waals surface area (Å²) in [7, 11) is 0. The highest BCUT2D eigenvalue weighted by Crippen LogP contribution is 2.32. The molecule has 0 radical (unpaired) electrons. The van der Waals surface area contributed by atoms with Gasteiger partial charge >= 0.3 is 0 Å². The number of fused-ring (bicyclic) bond motifs is 1. The number of benzene rings is 2. The lowest BCUT2D eigenvalue weighted by atomic mass is 10.1. The molecule has 7 nitrogen and oxygen atoms in total. The summed E-state index contributed by atoms with van der Waals surface area (Å²) in [6, 6.07) is 10.4. The molecule has 0 fully saturated rings. The predicted octanol–water partition coefficient (Wildman–Crippen LogP) is 3.94. The van der Waals surface area contributed by atoms with E-state index in [4.69, 9.17) is 9.47 Å². The monoisotopic (exact) mass is 397 g/mol. The van der Waals surface area contributed by atoms with E-state index in [-0.39, 0.29) is 11.8 Å². The van der Waals surface area contributed by atoms with Crippen molar-refractivity contribution in [1.82, 2.24) is 0 Å². The highest BCUT2D eigenvalue weighted by atomic mass is 16.6. The average molecular weight is 397 g/mol. The van der Waals surface area contributed by atoms with E-state index in [0.717, 1.165) is 23.4 Å². The Balaban J connectivity index is 1.64. The van der Waals surface area contributed by atoms with Gasteiger partial charge < -0.3 is 25.4 Å². The lowest BCUT2D eigenvalue weighted by Gasteiger charge is -2.21. The summed E-state index contributed by atoms with van der Waals surface area (Å²) in [5.41, 5.74) is 3.07. The normalized spacial score (nSPS) is 13.3. The molecule has 7 heteroatoms. The zero-order valence-electron chi connectivity index (χ0n) is 17.0. The lowest BCUT2D eigenvalue weighted by molar-refractivity contribution is -0.117. The average Bonchev–Trinajstić information content (AvgIpc) is 2.71. The molecule has 3 rings (SSSR count). The van der Waals surface area contributed by atoms with Crippen LogP contribution in [0.1, 0.15) is 32.3 Å². The van der Waals surface area contributed by atoms with E-state index >= 15 is 0 Å². The van der Waals surface area contributed by atoms with Crippen molar-refractivity contribution in [2.75, 3.05) is 29.2 Å². The van der Waals surface area contributed by atoms with Crippen molar-refractivity contribution in [2.45, 2.75) is 39.7 Å². The van der Waals surface area contributed by atoms with E-state index < -0.39 is 6.04 Å². The Hall–Kier alpha value is -3.22. The fourth-order valence-corrected chi connectivity index (χ4v) is 3.04. The van der Waals surface area contributed by atoms with Crippen LogP contribution in [0.3, 0.4) is 0 Å². The molecule has 3 N–H and O–H groups in total. The predicted molar refractivity (Wildman–Crippen MR) is 114 cm³/mol. The Labute approximate surface area is 170 Å². The van der Waals surface area contributed by atoms with Gasteiger partial charge in [-0.05, 0) is 50.1 Å². The number of carbonyl (C=O) groups is 2. The SMILES string of the molecule is CCCC(=O)Nc1cccc(N[C@@H](C)C(=O)Nc2ccc3c(c2)OCCO3)c1C. The number of anilines is 3. The van der Waals surface area contributed by atoms with E-state index in [0.29, 0.717) is 36.8 Å². The summed E-state index contributed by atoms with van der Waals surface area (Å²) in [5, 5.41) is 9.02. The Bertz CT molecular complexity index is 898. The maximum Gasteiger partial charge on any atom is 0.246 e. The second-order valence-corrected chi connectivity index (χ2v) is 6.99. The molecule has 0 aromatic heterocycles. The van der Waals surface area contributed by atoms with Gasteiger partial charge in [-0.2, -0.15) is 0 Å². The van der Waals surface area contributed by atoms with Crippen LogP contribution in [0.5, 0.6) is 11.5 Å². The smallest absolute Gasteiger partial charge is 0.246 e. The van der Waals surface area contributed by atoms with Gasteiger partial charge in [0.25, 0.3) is 0 Å². The van der Waals surface area contributed by atoms with Crippen molar-refractivity contribution >= 4 is 28.9 Å². The minimum atomic E-state index is -0.483. The fourth-order valence-electron chi connectivity index (χ4n) is 3.04. The third kappa shape index (κ3) is 5.19. The lowest BCUT2D eigenvalue weighted by Crippen LogP contribution is -2.32. The van der Waals surface area contributed by atoms with E-state index in [9.17, 15) is 9.59 Å². The maximum absolute atomic E-state index is 12.6. The summed E-state index contributed by atoms with van der Waals surface area (Å²) in [6.07, 6.45) is 1.27. The van der Waals surface area contributed by atoms with Crippen LogP contribution >= 0.6 is 0 Å². The van der Waals surface area contributed by atoms with Gasteiger partial charge in [-0.15, -0.1) is 0 Å². The molecule has 2 aromatic carbocycles. The minimum Gasteiger partial charge on any atom is -0.486 e. The second kappa shape index (κ2) is 9.32. The van der Waals surface area contributed by atoms with Gasteiger partial charge in [0.1, 0.15) is 19.3 Å². The molecular formula is C22H27N3O4. The molecule has 1 aliphatic rings. The summed E-state index contributed by atoms with van der Waals surface area (Å²) in [6.45, 7) is 6.68. The highest BCUT2D eigenvalue weighted by Gasteiger charge is 2.17. The minimum absolute atomic E-state index is 0.0165. The van der Waals surface area contributed by atoms with Gasteiger partial charge in [-0.1, -0.05) is 13.0 Å². The molecule has 2 amide bonds. The van der Waals surface area contributed by atoms with E-state index in [1.54, 1.807) is 25.1 Å². The van der Waals surface area contributed by atoms with Crippen molar-refractivity contribution < 1.29 is 19.1 Å². The zero-order valence-corrected chi connectivity index (χ0v) is 17.0. The van der Waals surface area contributed by atoms with Crippen LogP contribution in [0.25, 0.3) is 0 Å². The molecule has 1 atom stereocenters. The molecule has 1 heterocycles. The quantitative estimate of drug-likeness (QED) is 0.658. The van der Waals surface area contributed by atoms with Crippen LogP contribution in [0.15, 0.2) is 36.4 Å². The first-order chi connectivity index (χ1) is 14.0. The summed E-state index contributed by atoms with van der Waals surface area (Å²) in [5.74, 6) is 1.11. The third-order valence-electron chi connectivity index (χ3n) is 4.66. The van der Waals surface area contributed by atoms with E-state index in [2.05, 4.69) is 16.0 Å². The van der Waals surface area contributed by atoms with Gasteiger partial charge in [-0.3, -0.25) is 9.59 Å². The van der Waals surface area contributed by atoms with Crippen molar-refractivity contribution in [3.63, 3.8) is 0 Å². The molecule has 0 aliphatic carbocycles. The summed E-state index contributed by atoms with van der Waals surface area (Å²) in [4.78, 5) is 24.5. The van der Waals surface area contributed by atoms with Crippen molar-refractivity contribution in [2.24, 2.45) is 0 Å². The molecule has 0 bridgehead atoms. The summed E-state index contributed by atoms with van der Waals surface area (Å²) < 4.78 is 11.1. The van der Waals surface area contributed by atoms with Crippen LogP contribution in [0.2, 0.25) is 0 Å². The van der Waals surface area contributed by atoms with Gasteiger partial charge in [0, 0.05) is 29.5 Å². The van der Waals surface area contributed by atoms with Crippen molar-refractivity contribution in [3.8, 4) is 11.5 Å². The third-order valence-corrected chi connectivity index (χ3v) is 4.66. The Kier molecular flexibility index (Phi) is 6.59. The molecule has 0 saturated heterocycles. The number of hydrogen-bond acceptors (Lipinski definition) is 5. The van der Waals surface area contributed by atoms with Gasteiger partial charge in [0.05, 0.1) is 0 Å². The molecular weight excluding hydrogens is 370 g/mol. The van der Waals surface area contributed by atoms with Crippen LogP contribution in [-0.4, -0.2) is 31.1 Å². The Morgan fingerprint density at radius 3 is 2.52 bits per heavy atom. The van der Waals surface area contributed by atoms with Gasteiger partial charge in [0.15, 0.2) is 11.5 Å². The molecule has 0 saturated carbocycles. The maximum atomic E-state index is 12.6. The molecule has 154 valence electrons. The zero-order chi connectivity index (χ0) is 20.8. The first-order valence-electron chi connectivity index (χ1n) is 9.84. The molecule has 1 aliphatic heterocycles.